The number of likely N-dealkylation sites (tertiary alicyclic amines) is 1. The van der Waals surface area contributed by atoms with Gasteiger partial charge in [-0.1, -0.05) is 59.6 Å². The molecule has 1 aliphatic heterocycles. The van der Waals surface area contributed by atoms with Crippen LogP contribution >= 0.6 is 11.6 Å². The molecule has 0 spiro atoms. The second-order valence-electron chi connectivity index (χ2n) is 11.9. The molecule has 45 heavy (non-hydrogen) atoms. The Labute approximate surface area is 264 Å². The molecule has 1 saturated carbocycles. The first-order valence-electron chi connectivity index (χ1n) is 15.3. The maximum absolute atomic E-state index is 14.4. The van der Waals surface area contributed by atoms with Crippen LogP contribution in [0.2, 0.25) is 5.02 Å². The van der Waals surface area contributed by atoms with Gasteiger partial charge in [0.15, 0.2) is 22.6 Å². The Morgan fingerprint density at radius 3 is 2.51 bits per heavy atom. The summed E-state index contributed by atoms with van der Waals surface area (Å²) in [5, 5.41) is 3.28. The Morgan fingerprint density at radius 2 is 1.78 bits per heavy atom. The molecule has 232 valence electrons. The molecule has 2 aliphatic rings. The lowest BCUT2D eigenvalue weighted by molar-refractivity contribution is -0.128. The second-order valence-corrected chi connectivity index (χ2v) is 12.3. The normalized spacial score (nSPS) is 17.5. The quantitative estimate of drug-likeness (QED) is 0.205. The highest BCUT2D eigenvalue weighted by Gasteiger charge is 2.26. The highest BCUT2D eigenvalue weighted by molar-refractivity contribution is 6.30. The van der Waals surface area contributed by atoms with Gasteiger partial charge in [-0.2, -0.15) is 0 Å². The molecule has 1 aromatic heterocycles. The van der Waals surface area contributed by atoms with Crippen LogP contribution in [0.5, 0.6) is 0 Å². The minimum Gasteiger partial charge on any atom is -0.448 e. The second kappa shape index (κ2) is 13.4. The summed E-state index contributed by atoms with van der Waals surface area (Å²) >= 11 is 6.09. The molecule has 0 bridgehead atoms. The fraction of sp³-hybridized carbons (Fsp3) is 0.306. The highest BCUT2D eigenvalue weighted by Crippen LogP contribution is 2.37. The van der Waals surface area contributed by atoms with Crippen molar-refractivity contribution in [2.45, 2.75) is 63.5 Å². The van der Waals surface area contributed by atoms with E-state index in [1.165, 1.54) is 16.7 Å². The van der Waals surface area contributed by atoms with Crippen LogP contribution in [0, 0.1) is 11.6 Å². The Balaban J connectivity index is 1.20. The van der Waals surface area contributed by atoms with E-state index in [0.717, 1.165) is 56.3 Å². The van der Waals surface area contributed by atoms with Crippen LogP contribution in [0.3, 0.4) is 0 Å². The fourth-order valence-corrected chi connectivity index (χ4v) is 6.59. The summed E-state index contributed by atoms with van der Waals surface area (Å²) in [5.74, 6) is -2.40. The molecule has 1 aliphatic carbocycles. The number of allylic oxidation sites excluding steroid dienone is 1. The number of rotatable bonds is 8. The van der Waals surface area contributed by atoms with Gasteiger partial charge in [-0.05, 0) is 79.3 Å². The fourth-order valence-electron chi connectivity index (χ4n) is 6.46. The third-order valence-corrected chi connectivity index (χ3v) is 9.00. The van der Waals surface area contributed by atoms with Gasteiger partial charge in [0.2, 0.25) is 5.91 Å². The summed E-state index contributed by atoms with van der Waals surface area (Å²) in [6.45, 7) is 1.45. The average Bonchev–Trinajstić information content (AvgIpc) is 3.43. The molecule has 0 unspecified atom stereocenters. The van der Waals surface area contributed by atoms with E-state index in [-0.39, 0.29) is 17.1 Å². The minimum absolute atomic E-state index is 0.217. The van der Waals surface area contributed by atoms with Crippen molar-refractivity contribution in [1.82, 2.24) is 10.2 Å². The molecule has 3 aromatic carbocycles. The number of benzene rings is 3. The molecule has 0 radical (unpaired) electrons. The Morgan fingerprint density at radius 1 is 1.02 bits per heavy atom. The van der Waals surface area contributed by atoms with Gasteiger partial charge in [0.1, 0.15) is 5.82 Å². The number of fused-ring (bicyclic) bond motifs is 1. The van der Waals surface area contributed by atoms with Gasteiger partial charge in [-0.3, -0.25) is 14.4 Å². The standard InChI is InChI=1S/C36H33ClF2N2O4/c37-26-13-9-23(10-14-26)17-28(40-36(44)33-20-32(42)30-18-27(38)19-31(39)35(30)45-33)16-22-7-11-24(12-8-22)29-5-2-1-4-25(29)21-41-15-3-6-34(41)43/h1-2,4-5,9-10,13-14,16,18-20,24,28H,3,6-8,11-12,15,17,21H2,(H,40,44)/t24?,28-/m1/s1. The number of carbonyl (C=O) groups excluding carboxylic acids is 2. The van der Waals surface area contributed by atoms with Gasteiger partial charge in [-0.25, -0.2) is 8.78 Å². The molecule has 1 atom stereocenters. The number of carbonyl (C=O) groups is 2. The van der Waals surface area contributed by atoms with Gasteiger partial charge in [-0.15, -0.1) is 0 Å². The first kappa shape index (κ1) is 30.7. The van der Waals surface area contributed by atoms with E-state index in [4.69, 9.17) is 16.0 Å². The summed E-state index contributed by atoms with van der Waals surface area (Å²) in [7, 11) is 0. The molecule has 2 amide bonds. The number of hydrogen-bond donors (Lipinski definition) is 1. The predicted octanol–water partition coefficient (Wildman–Crippen LogP) is 7.47. The van der Waals surface area contributed by atoms with E-state index in [2.05, 4.69) is 29.6 Å². The van der Waals surface area contributed by atoms with Gasteiger partial charge in [0, 0.05) is 36.7 Å². The first-order chi connectivity index (χ1) is 21.7. The number of halogens is 3. The van der Waals surface area contributed by atoms with Gasteiger partial charge in [0.25, 0.3) is 5.91 Å². The van der Waals surface area contributed by atoms with Crippen LogP contribution in [0.25, 0.3) is 11.0 Å². The van der Waals surface area contributed by atoms with Crippen molar-refractivity contribution in [3.8, 4) is 0 Å². The van der Waals surface area contributed by atoms with E-state index in [1.54, 1.807) is 12.1 Å². The highest BCUT2D eigenvalue weighted by atomic mass is 35.5. The van der Waals surface area contributed by atoms with Crippen molar-refractivity contribution >= 4 is 34.4 Å². The molecule has 6 rings (SSSR count). The predicted molar refractivity (Wildman–Crippen MR) is 169 cm³/mol. The summed E-state index contributed by atoms with van der Waals surface area (Å²) in [6, 6.07) is 17.7. The van der Waals surface area contributed by atoms with Crippen LogP contribution in [-0.4, -0.2) is 29.3 Å². The van der Waals surface area contributed by atoms with Crippen molar-refractivity contribution in [1.29, 1.82) is 0 Å². The molecule has 2 fully saturated rings. The van der Waals surface area contributed by atoms with Crippen LogP contribution < -0.4 is 10.7 Å². The largest absolute Gasteiger partial charge is 0.448 e. The summed E-state index contributed by atoms with van der Waals surface area (Å²) in [4.78, 5) is 40.1. The van der Waals surface area contributed by atoms with E-state index in [0.29, 0.717) is 36.4 Å². The number of nitrogens with zero attached hydrogens (tertiary/aromatic N) is 1. The minimum atomic E-state index is -1.05. The molecular weight excluding hydrogens is 598 g/mol. The van der Waals surface area contributed by atoms with E-state index in [1.807, 2.05) is 23.1 Å². The van der Waals surface area contributed by atoms with Crippen LogP contribution in [0.1, 0.15) is 71.7 Å². The van der Waals surface area contributed by atoms with Crippen LogP contribution in [-0.2, 0) is 17.8 Å². The summed E-state index contributed by atoms with van der Waals surface area (Å²) in [6.07, 6.45) is 7.62. The third kappa shape index (κ3) is 7.17. The molecule has 9 heteroatoms. The smallest absolute Gasteiger partial charge is 0.287 e. The molecule has 2 heterocycles. The van der Waals surface area contributed by atoms with E-state index < -0.39 is 34.6 Å². The summed E-state index contributed by atoms with van der Waals surface area (Å²) in [5.41, 5.74) is 3.48. The lowest BCUT2D eigenvalue weighted by Crippen LogP contribution is -2.36. The zero-order chi connectivity index (χ0) is 31.5. The third-order valence-electron chi connectivity index (χ3n) is 8.75. The Hall–Kier alpha value is -4.30. The van der Waals surface area contributed by atoms with Crippen molar-refractivity contribution in [3.05, 3.63) is 128 Å². The SMILES string of the molecule is O=C(N[C@H](C=C1CCC(c2ccccc2CN2CCCC2=O)CC1)Cc1ccc(Cl)cc1)c1cc(=O)c2cc(F)cc(F)c2o1. The number of nitrogens with one attached hydrogen (secondary N) is 1. The van der Waals surface area contributed by atoms with Gasteiger partial charge >= 0.3 is 0 Å². The average molecular weight is 631 g/mol. The lowest BCUT2D eigenvalue weighted by Gasteiger charge is -2.28. The monoisotopic (exact) mass is 630 g/mol. The maximum Gasteiger partial charge on any atom is 0.287 e. The lowest BCUT2D eigenvalue weighted by atomic mass is 9.79. The van der Waals surface area contributed by atoms with Crippen molar-refractivity contribution in [2.24, 2.45) is 0 Å². The molecular formula is C36H33ClF2N2O4. The first-order valence-corrected chi connectivity index (χ1v) is 15.6. The van der Waals surface area contributed by atoms with E-state index >= 15 is 0 Å². The Bertz CT molecular complexity index is 1830. The van der Waals surface area contributed by atoms with Gasteiger partial charge < -0.3 is 14.6 Å². The molecule has 1 saturated heterocycles. The summed E-state index contributed by atoms with van der Waals surface area (Å²) < 4.78 is 33.5. The van der Waals surface area contributed by atoms with Crippen molar-refractivity contribution in [3.63, 3.8) is 0 Å². The zero-order valence-electron chi connectivity index (χ0n) is 24.7. The number of hydrogen-bond acceptors (Lipinski definition) is 4. The van der Waals surface area contributed by atoms with Crippen LogP contribution in [0.15, 0.2) is 87.6 Å². The van der Waals surface area contributed by atoms with Crippen molar-refractivity contribution < 1.29 is 22.8 Å². The molecule has 4 aromatic rings. The Kier molecular flexibility index (Phi) is 9.12. The molecule has 1 N–H and O–H groups in total. The topological polar surface area (TPSA) is 79.6 Å². The van der Waals surface area contributed by atoms with Crippen molar-refractivity contribution in [2.75, 3.05) is 6.54 Å². The zero-order valence-corrected chi connectivity index (χ0v) is 25.4. The molecule has 6 nitrogen and oxygen atoms in total. The van der Waals surface area contributed by atoms with Gasteiger partial charge in [0.05, 0.1) is 11.4 Å². The number of amides is 2. The maximum atomic E-state index is 14.4. The van der Waals surface area contributed by atoms with Crippen LogP contribution in [0.4, 0.5) is 8.78 Å². The van der Waals surface area contributed by atoms with E-state index in [9.17, 15) is 23.2 Å².